The van der Waals surface area contributed by atoms with Crippen molar-refractivity contribution in [1.82, 2.24) is 9.88 Å². The van der Waals surface area contributed by atoms with Crippen LogP contribution in [0.4, 0.5) is 0 Å². The summed E-state index contributed by atoms with van der Waals surface area (Å²) >= 11 is 0. The largest absolute Gasteiger partial charge is 0.367 e. The third-order valence-electron chi connectivity index (χ3n) is 5.16. The van der Waals surface area contributed by atoms with Crippen LogP contribution in [-0.2, 0) is 20.7 Å². The van der Waals surface area contributed by atoms with E-state index in [1.807, 2.05) is 17.0 Å². The van der Waals surface area contributed by atoms with Crippen LogP contribution in [0.2, 0.25) is 0 Å². The van der Waals surface area contributed by atoms with Gasteiger partial charge in [-0.05, 0) is 55.7 Å². The Morgan fingerprint density at radius 3 is 2.50 bits per heavy atom. The van der Waals surface area contributed by atoms with E-state index in [1.54, 1.807) is 12.4 Å². The molecule has 1 aromatic rings. The predicted octanol–water partition coefficient (Wildman–Crippen LogP) is 1.29. The second kappa shape index (κ2) is 7.75. The van der Waals surface area contributed by atoms with Crippen molar-refractivity contribution in [3.05, 3.63) is 30.1 Å². The van der Waals surface area contributed by atoms with E-state index in [2.05, 4.69) is 4.98 Å². The summed E-state index contributed by atoms with van der Waals surface area (Å²) < 4.78 is 5.78. The minimum Gasteiger partial charge on any atom is -0.367 e. The molecule has 0 aliphatic carbocycles. The maximum absolute atomic E-state index is 12.4. The van der Waals surface area contributed by atoms with Gasteiger partial charge < -0.3 is 15.4 Å². The average molecular weight is 331 g/mol. The number of likely N-dealkylation sites (tertiary alicyclic amines) is 1. The van der Waals surface area contributed by atoms with E-state index in [-0.39, 0.29) is 17.9 Å². The van der Waals surface area contributed by atoms with Crippen LogP contribution in [0.15, 0.2) is 24.5 Å². The van der Waals surface area contributed by atoms with Gasteiger partial charge in [0.15, 0.2) is 0 Å². The maximum atomic E-state index is 12.4. The molecule has 2 aliphatic heterocycles. The molecule has 2 atom stereocenters. The molecule has 2 saturated heterocycles. The number of hydrogen-bond acceptors (Lipinski definition) is 4. The van der Waals surface area contributed by atoms with Gasteiger partial charge in [-0.25, -0.2) is 0 Å². The van der Waals surface area contributed by atoms with E-state index in [0.717, 1.165) is 50.8 Å². The summed E-state index contributed by atoms with van der Waals surface area (Å²) in [5.74, 6) is 0.285. The predicted molar refractivity (Wildman–Crippen MR) is 89.0 cm³/mol. The van der Waals surface area contributed by atoms with E-state index in [1.165, 1.54) is 0 Å². The Morgan fingerprint density at radius 1 is 1.17 bits per heavy atom. The van der Waals surface area contributed by atoms with Gasteiger partial charge in [0.2, 0.25) is 11.8 Å². The summed E-state index contributed by atoms with van der Waals surface area (Å²) in [5, 5.41) is 0. The molecule has 24 heavy (non-hydrogen) atoms. The molecule has 1 aromatic heterocycles. The van der Waals surface area contributed by atoms with E-state index < -0.39 is 6.10 Å². The molecule has 0 saturated carbocycles. The van der Waals surface area contributed by atoms with Crippen molar-refractivity contribution < 1.29 is 14.3 Å². The molecule has 2 amide bonds. The van der Waals surface area contributed by atoms with E-state index >= 15 is 0 Å². The van der Waals surface area contributed by atoms with Crippen molar-refractivity contribution in [3.8, 4) is 0 Å². The number of nitrogens with two attached hydrogens (primary N) is 1. The van der Waals surface area contributed by atoms with Gasteiger partial charge >= 0.3 is 0 Å². The second-order valence-electron chi connectivity index (χ2n) is 6.72. The molecule has 2 aliphatic rings. The lowest BCUT2D eigenvalue weighted by Crippen LogP contribution is -2.41. The number of hydrogen-bond donors (Lipinski definition) is 1. The number of nitrogens with zero attached hydrogens (tertiary/aromatic N) is 2. The topological polar surface area (TPSA) is 85.5 Å². The summed E-state index contributed by atoms with van der Waals surface area (Å²) in [6, 6.07) is 3.90. The average Bonchev–Trinajstić information content (AvgIpc) is 3.11. The van der Waals surface area contributed by atoms with Gasteiger partial charge in [0, 0.05) is 31.9 Å². The molecule has 6 heteroatoms. The first-order valence-electron chi connectivity index (χ1n) is 8.75. The molecule has 130 valence electrons. The van der Waals surface area contributed by atoms with Crippen LogP contribution in [-0.4, -0.2) is 47.0 Å². The summed E-state index contributed by atoms with van der Waals surface area (Å²) in [6.07, 6.45) is 8.02. The lowest BCUT2D eigenvalue weighted by molar-refractivity contribution is -0.134. The highest BCUT2D eigenvalue weighted by Crippen LogP contribution is 2.31. The van der Waals surface area contributed by atoms with Gasteiger partial charge in [-0.3, -0.25) is 14.6 Å². The molecule has 0 unspecified atom stereocenters. The lowest BCUT2D eigenvalue weighted by Gasteiger charge is -2.34. The monoisotopic (exact) mass is 331 g/mol. The fraction of sp³-hybridized carbons (Fsp3) is 0.611. The first-order chi connectivity index (χ1) is 11.6. The number of ether oxygens (including phenoxy) is 1. The van der Waals surface area contributed by atoms with Gasteiger partial charge in [0.1, 0.15) is 6.10 Å². The van der Waals surface area contributed by atoms with Crippen molar-refractivity contribution in [3.63, 3.8) is 0 Å². The number of aryl methyl sites for hydroxylation is 1. The summed E-state index contributed by atoms with van der Waals surface area (Å²) in [7, 11) is 0. The normalized spacial score (nSPS) is 24.9. The van der Waals surface area contributed by atoms with Gasteiger partial charge in [-0.15, -0.1) is 0 Å². The summed E-state index contributed by atoms with van der Waals surface area (Å²) in [6.45, 7) is 1.56. The van der Waals surface area contributed by atoms with Crippen molar-refractivity contribution in [2.45, 2.75) is 50.7 Å². The minimum absolute atomic E-state index is 0.122. The quantitative estimate of drug-likeness (QED) is 0.881. The number of amides is 2. The summed E-state index contributed by atoms with van der Waals surface area (Å²) in [5.41, 5.74) is 6.46. The minimum atomic E-state index is -0.421. The number of carbonyl (C=O) groups excluding carboxylic acids is 2. The van der Waals surface area contributed by atoms with Crippen molar-refractivity contribution in [1.29, 1.82) is 0 Å². The maximum Gasteiger partial charge on any atom is 0.246 e. The van der Waals surface area contributed by atoms with Crippen LogP contribution in [0.5, 0.6) is 0 Å². The molecule has 0 aromatic carbocycles. The number of rotatable bonds is 5. The highest BCUT2D eigenvalue weighted by molar-refractivity contribution is 5.79. The zero-order valence-electron chi connectivity index (χ0n) is 13.9. The Labute approximate surface area is 142 Å². The molecule has 0 bridgehead atoms. The number of aromatic nitrogens is 1. The molecule has 0 spiro atoms. The molecular formula is C18H25N3O3. The van der Waals surface area contributed by atoms with Gasteiger partial charge in [0.05, 0.1) is 6.10 Å². The highest BCUT2D eigenvalue weighted by Gasteiger charge is 2.36. The molecule has 6 nitrogen and oxygen atoms in total. The van der Waals surface area contributed by atoms with Crippen molar-refractivity contribution in [2.75, 3.05) is 13.1 Å². The Kier molecular flexibility index (Phi) is 5.45. The lowest BCUT2D eigenvalue weighted by atomic mass is 9.89. The second-order valence-corrected chi connectivity index (χ2v) is 6.72. The number of piperidine rings is 1. The van der Waals surface area contributed by atoms with Crippen molar-refractivity contribution in [2.24, 2.45) is 11.7 Å². The Hall–Kier alpha value is -1.95. The number of carbonyl (C=O) groups is 2. The zero-order chi connectivity index (χ0) is 16.9. The van der Waals surface area contributed by atoms with Gasteiger partial charge in [0.25, 0.3) is 0 Å². The van der Waals surface area contributed by atoms with Crippen LogP contribution < -0.4 is 5.73 Å². The molecule has 3 rings (SSSR count). The molecular weight excluding hydrogens is 306 g/mol. The SMILES string of the molecule is NC(=O)[C@H]1CC[C@@H](C2CCN(C(=O)CCc3ccncc3)CC2)O1. The third-order valence-corrected chi connectivity index (χ3v) is 5.16. The smallest absolute Gasteiger partial charge is 0.246 e. The number of primary amides is 1. The molecule has 3 heterocycles. The van der Waals surface area contributed by atoms with Crippen LogP contribution in [0.1, 0.15) is 37.7 Å². The van der Waals surface area contributed by atoms with Crippen LogP contribution in [0.25, 0.3) is 0 Å². The molecule has 2 fully saturated rings. The first kappa shape index (κ1) is 16.9. The Bertz CT molecular complexity index is 570. The molecule has 0 radical (unpaired) electrons. The number of pyridine rings is 1. The van der Waals surface area contributed by atoms with Crippen LogP contribution in [0.3, 0.4) is 0 Å². The van der Waals surface area contributed by atoms with E-state index in [4.69, 9.17) is 10.5 Å². The highest BCUT2D eigenvalue weighted by atomic mass is 16.5. The fourth-order valence-electron chi connectivity index (χ4n) is 3.70. The first-order valence-corrected chi connectivity index (χ1v) is 8.75. The standard InChI is InChI=1S/C18H25N3O3/c19-18(23)16-3-2-15(24-16)14-7-11-21(12-8-14)17(22)4-1-13-5-9-20-10-6-13/h5-6,9-10,14-16H,1-4,7-8,11-12H2,(H2,19,23)/t15-,16+/m0/s1. The van der Waals surface area contributed by atoms with E-state index in [0.29, 0.717) is 12.3 Å². The Balaban J connectivity index is 1.42. The van der Waals surface area contributed by atoms with Crippen LogP contribution >= 0.6 is 0 Å². The third kappa shape index (κ3) is 4.12. The zero-order valence-corrected chi connectivity index (χ0v) is 13.9. The summed E-state index contributed by atoms with van der Waals surface area (Å²) in [4.78, 5) is 29.5. The van der Waals surface area contributed by atoms with Crippen LogP contribution in [0, 0.1) is 5.92 Å². The van der Waals surface area contributed by atoms with Gasteiger partial charge in [-0.2, -0.15) is 0 Å². The van der Waals surface area contributed by atoms with E-state index in [9.17, 15) is 9.59 Å². The van der Waals surface area contributed by atoms with Gasteiger partial charge in [-0.1, -0.05) is 0 Å². The Morgan fingerprint density at radius 2 is 1.88 bits per heavy atom. The van der Waals surface area contributed by atoms with Crippen molar-refractivity contribution >= 4 is 11.8 Å². The fourth-order valence-corrected chi connectivity index (χ4v) is 3.70. The molecule has 2 N–H and O–H groups in total.